The summed E-state index contributed by atoms with van der Waals surface area (Å²) in [6.07, 6.45) is 1.60. The Kier molecular flexibility index (Phi) is 5.79. The van der Waals surface area contributed by atoms with E-state index >= 15 is 0 Å². The highest BCUT2D eigenvalue weighted by Gasteiger charge is 2.22. The monoisotopic (exact) mass is 287 g/mol. The third-order valence-electron chi connectivity index (χ3n) is 3.67. The van der Waals surface area contributed by atoms with Crippen molar-refractivity contribution in [2.45, 2.75) is 25.8 Å². The first kappa shape index (κ1) is 15.6. The first-order valence-electron chi connectivity index (χ1n) is 7.28. The zero-order valence-electron chi connectivity index (χ0n) is 12.3. The Hall–Kier alpha value is -1.83. The van der Waals surface area contributed by atoms with Gasteiger partial charge in [0.1, 0.15) is 6.61 Å². The molecule has 21 heavy (non-hydrogen) atoms. The number of aliphatic hydroxyl groups excluding tert-OH is 1. The van der Waals surface area contributed by atoms with Crippen molar-refractivity contribution in [1.29, 1.82) is 0 Å². The average Bonchev–Trinajstić information content (AvgIpc) is 2.54. The minimum atomic E-state index is -0.140. The normalized spacial score (nSPS) is 16.7. The van der Waals surface area contributed by atoms with E-state index in [2.05, 4.69) is 17.2 Å². The number of amides is 1. The van der Waals surface area contributed by atoms with Crippen LogP contribution in [0.25, 0.3) is 0 Å². The number of carbonyl (C=O) groups excluding carboxylic acids is 1. The molecule has 0 spiro atoms. The number of ether oxygens (including phenoxy) is 1. The van der Waals surface area contributed by atoms with Gasteiger partial charge in [0.15, 0.2) is 0 Å². The molecule has 1 unspecified atom stereocenters. The fourth-order valence-electron chi connectivity index (χ4n) is 2.37. The summed E-state index contributed by atoms with van der Waals surface area (Å²) in [5.41, 5.74) is 1.90. The molecule has 0 bridgehead atoms. The molecule has 0 aliphatic carbocycles. The van der Waals surface area contributed by atoms with Crippen LogP contribution in [0.2, 0.25) is 0 Å². The van der Waals surface area contributed by atoms with Crippen LogP contribution in [0.5, 0.6) is 0 Å². The van der Waals surface area contributed by atoms with E-state index in [4.69, 9.17) is 9.84 Å². The third kappa shape index (κ3) is 4.59. The number of aliphatic hydroxyl groups is 1. The van der Waals surface area contributed by atoms with Gasteiger partial charge in [0, 0.05) is 24.7 Å². The van der Waals surface area contributed by atoms with Crippen molar-refractivity contribution in [3.8, 4) is 11.8 Å². The number of hydrogen-bond donors (Lipinski definition) is 2. The van der Waals surface area contributed by atoms with E-state index in [0.29, 0.717) is 13.2 Å². The van der Waals surface area contributed by atoms with Gasteiger partial charge in [-0.15, -0.1) is 0 Å². The van der Waals surface area contributed by atoms with Crippen LogP contribution in [0.3, 0.4) is 0 Å². The molecule has 1 aliphatic heterocycles. The van der Waals surface area contributed by atoms with Gasteiger partial charge in [-0.3, -0.25) is 4.79 Å². The number of carbonyl (C=O) groups is 1. The minimum absolute atomic E-state index is 0.0276. The van der Waals surface area contributed by atoms with Gasteiger partial charge in [0.25, 0.3) is 0 Å². The quantitative estimate of drug-likeness (QED) is 0.831. The first-order valence-corrected chi connectivity index (χ1v) is 7.28. The Bertz CT molecular complexity index is 521. The van der Waals surface area contributed by atoms with Crippen LogP contribution < -0.4 is 5.32 Å². The number of rotatable bonds is 3. The van der Waals surface area contributed by atoms with Crippen LogP contribution in [0.15, 0.2) is 24.3 Å². The van der Waals surface area contributed by atoms with Gasteiger partial charge in [0.05, 0.1) is 6.04 Å². The Labute approximate surface area is 125 Å². The SMILES string of the molecule is CC(NC(=O)C1CCOCC1)c1ccc(C#CCO)cc1. The lowest BCUT2D eigenvalue weighted by atomic mass is 9.98. The minimum Gasteiger partial charge on any atom is -0.384 e. The maximum Gasteiger partial charge on any atom is 0.223 e. The van der Waals surface area contributed by atoms with Crippen molar-refractivity contribution in [3.63, 3.8) is 0 Å². The van der Waals surface area contributed by atoms with Crippen LogP contribution in [0, 0.1) is 17.8 Å². The summed E-state index contributed by atoms with van der Waals surface area (Å²) in [6.45, 7) is 3.18. The van der Waals surface area contributed by atoms with Crippen molar-refractivity contribution in [3.05, 3.63) is 35.4 Å². The van der Waals surface area contributed by atoms with Gasteiger partial charge in [0.2, 0.25) is 5.91 Å². The molecule has 4 nitrogen and oxygen atoms in total. The van der Waals surface area contributed by atoms with E-state index in [1.165, 1.54) is 0 Å². The second kappa shape index (κ2) is 7.82. The molecule has 1 saturated heterocycles. The molecule has 1 amide bonds. The molecule has 2 N–H and O–H groups in total. The summed E-state index contributed by atoms with van der Waals surface area (Å²) in [7, 11) is 0. The zero-order chi connectivity index (χ0) is 15.1. The predicted molar refractivity (Wildman–Crippen MR) is 80.5 cm³/mol. The van der Waals surface area contributed by atoms with Gasteiger partial charge >= 0.3 is 0 Å². The van der Waals surface area contributed by atoms with Crippen molar-refractivity contribution < 1.29 is 14.6 Å². The standard InChI is InChI=1S/C17H21NO3/c1-13(18-17(20)16-8-11-21-12-9-16)15-6-4-14(5-7-15)3-2-10-19/h4-7,13,16,19H,8-12H2,1H3,(H,18,20). The molecule has 1 fully saturated rings. The number of hydrogen-bond acceptors (Lipinski definition) is 3. The largest absolute Gasteiger partial charge is 0.384 e. The predicted octanol–water partition coefficient (Wildman–Crippen LogP) is 1.63. The summed E-state index contributed by atoms with van der Waals surface area (Å²) in [5.74, 6) is 5.64. The fraction of sp³-hybridized carbons (Fsp3) is 0.471. The lowest BCUT2D eigenvalue weighted by Crippen LogP contribution is -2.35. The topological polar surface area (TPSA) is 58.6 Å². The van der Waals surface area contributed by atoms with E-state index in [1.54, 1.807) is 0 Å². The molecule has 2 rings (SSSR count). The van der Waals surface area contributed by atoms with Crippen LogP contribution in [0.1, 0.15) is 36.9 Å². The summed E-state index contributed by atoms with van der Waals surface area (Å²) in [4.78, 5) is 12.2. The van der Waals surface area contributed by atoms with Gasteiger partial charge in [-0.2, -0.15) is 0 Å². The molecular formula is C17H21NO3. The van der Waals surface area contributed by atoms with E-state index < -0.39 is 0 Å². The van der Waals surface area contributed by atoms with Crippen LogP contribution in [0.4, 0.5) is 0 Å². The van der Waals surface area contributed by atoms with Crippen molar-refractivity contribution in [1.82, 2.24) is 5.32 Å². The molecule has 1 aromatic rings. The molecule has 0 saturated carbocycles. The number of nitrogens with one attached hydrogen (secondary N) is 1. The lowest BCUT2D eigenvalue weighted by Gasteiger charge is -2.23. The second-order valence-electron chi connectivity index (χ2n) is 5.20. The third-order valence-corrected chi connectivity index (χ3v) is 3.67. The number of benzene rings is 1. The highest BCUT2D eigenvalue weighted by atomic mass is 16.5. The van der Waals surface area contributed by atoms with Crippen molar-refractivity contribution in [2.75, 3.05) is 19.8 Å². The van der Waals surface area contributed by atoms with Gasteiger partial charge in [-0.1, -0.05) is 24.0 Å². The van der Waals surface area contributed by atoms with E-state index in [1.807, 2.05) is 31.2 Å². The molecule has 1 aromatic carbocycles. The van der Waals surface area contributed by atoms with Crippen LogP contribution in [-0.2, 0) is 9.53 Å². The van der Waals surface area contributed by atoms with E-state index in [-0.39, 0.29) is 24.5 Å². The molecule has 4 heteroatoms. The maximum absolute atomic E-state index is 12.2. The van der Waals surface area contributed by atoms with E-state index in [0.717, 1.165) is 24.0 Å². The molecule has 1 heterocycles. The van der Waals surface area contributed by atoms with Crippen LogP contribution in [-0.4, -0.2) is 30.8 Å². The smallest absolute Gasteiger partial charge is 0.223 e. The molecular weight excluding hydrogens is 266 g/mol. The van der Waals surface area contributed by atoms with Gasteiger partial charge in [-0.05, 0) is 37.5 Å². The molecule has 0 radical (unpaired) electrons. The molecule has 1 aliphatic rings. The molecule has 1 atom stereocenters. The Balaban J connectivity index is 1.93. The molecule has 112 valence electrons. The Morgan fingerprint density at radius 3 is 2.67 bits per heavy atom. The lowest BCUT2D eigenvalue weighted by molar-refractivity contribution is -0.128. The average molecular weight is 287 g/mol. The highest BCUT2D eigenvalue weighted by molar-refractivity contribution is 5.79. The van der Waals surface area contributed by atoms with Crippen molar-refractivity contribution in [2.24, 2.45) is 5.92 Å². The second-order valence-corrected chi connectivity index (χ2v) is 5.20. The Morgan fingerprint density at radius 2 is 2.05 bits per heavy atom. The maximum atomic E-state index is 12.2. The summed E-state index contributed by atoms with van der Waals surface area (Å²) in [5, 5.41) is 11.7. The fourth-order valence-corrected chi connectivity index (χ4v) is 2.37. The van der Waals surface area contributed by atoms with Gasteiger partial charge in [-0.25, -0.2) is 0 Å². The van der Waals surface area contributed by atoms with Crippen LogP contribution >= 0.6 is 0 Å². The summed E-state index contributed by atoms with van der Waals surface area (Å²) < 4.78 is 5.27. The zero-order valence-corrected chi connectivity index (χ0v) is 12.3. The van der Waals surface area contributed by atoms with Gasteiger partial charge < -0.3 is 15.2 Å². The van der Waals surface area contributed by atoms with Crippen molar-refractivity contribution >= 4 is 5.91 Å². The summed E-state index contributed by atoms with van der Waals surface area (Å²) in [6, 6.07) is 7.68. The first-order chi connectivity index (χ1) is 10.2. The Morgan fingerprint density at radius 1 is 1.38 bits per heavy atom. The molecule has 0 aromatic heterocycles. The summed E-state index contributed by atoms with van der Waals surface area (Å²) >= 11 is 0. The van der Waals surface area contributed by atoms with E-state index in [9.17, 15) is 4.79 Å². The highest BCUT2D eigenvalue weighted by Crippen LogP contribution is 2.18.